The zero-order chi connectivity index (χ0) is 11.3. The van der Waals surface area contributed by atoms with Crippen LogP contribution in [-0.4, -0.2) is 0 Å². The van der Waals surface area contributed by atoms with Crippen LogP contribution in [0.1, 0.15) is 33.1 Å². The summed E-state index contributed by atoms with van der Waals surface area (Å²) in [5, 5.41) is 0. The van der Waals surface area contributed by atoms with Crippen molar-refractivity contribution in [3.63, 3.8) is 0 Å². The fourth-order valence-electron chi connectivity index (χ4n) is 3.38. The Balaban J connectivity index is 2.15. The van der Waals surface area contributed by atoms with Crippen molar-refractivity contribution in [2.75, 3.05) is 0 Å². The molecule has 1 atom stereocenters. The van der Waals surface area contributed by atoms with Crippen LogP contribution in [0, 0.1) is 11.3 Å². The van der Waals surface area contributed by atoms with E-state index in [-0.39, 0.29) is 0 Å². The first kappa shape index (κ1) is 10.8. The molecule has 84 valence electrons. The molecule has 0 bridgehead atoms. The molecule has 0 aromatic carbocycles. The van der Waals surface area contributed by atoms with Crippen molar-refractivity contribution in [3.8, 4) is 0 Å². The van der Waals surface area contributed by atoms with Gasteiger partial charge in [0, 0.05) is 0 Å². The fraction of sp³-hybridized carbons (Fsp3) is 0.467. The highest BCUT2D eigenvalue weighted by Crippen LogP contribution is 2.56. The van der Waals surface area contributed by atoms with Gasteiger partial charge in [0.15, 0.2) is 0 Å². The van der Waals surface area contributed by atoms with Crippen molar-refractivity contribution in [3.05, 3.63) is 44.6 Å². The summed E-state index contributed by atoms with van der Waals surface area (Å²) in [5.41, 5.74) is 5.22. The minimum atomic E-state index is 0.336. The molecule has 0 amide bonds. The first-order valence-electron chi connectivity index (χ1n) is 6.07. The van der Waals surface area contributed by atoms with E-state index in [9.17, 15) is 0 Å². The minimum absolute atomic E-state index is 0.336. The van der Waals surface area contributed by atoms with Gasteiger partial charge < -0.3 is 0 Å². The van der Waals surface area contributed by atoms with Crippen molar-refractivity contribution in [2.45, 2.75) is 33.1 Å². The Kier molecular flexibility index (Phi) is 2.43. The van der Waals surface area contributed by atoms with Crippen LogP contribution in [0.5, 0.6) is 0 Å². The molecule has 3 aliphatic carbocycles. The smallest absolute Gasteiger partial charge is 0.00223 e. The molecule has 0 heterocycles. The lowest BCUT2D eigenvalue weighted by Gasteiger charge is -2.31. The van der Waals surface area contributed by atoms with Gasteiger partial charge in [-0.15, -0.1) is 0 Å². The molecule has 1 heteroatoms. The molecule has 0 spiro atoms. The highest BCUT2D eigenvalue weighted by atomic mass is 127. The van der Waals surface area contributed by atoms with E-state index in [2.05, 4.69) is 60.7 Å². The van der Waals surface area contributed by atoms with E-state index < -0.39 is 0 Å². The molecule has 0 aromatic heterocycles. The van der Waals surface area contributed by atoms with Gasteiger partial charge in [0.05, 0.1) is 0 Å². The molecule has 0 fully saturated rings. The van der Waals surface area contributed by atoms with E-state index in [0.717, 1.165) is 5.92 Å². The molecule has 0 aliphatic heterocycles. The van der Waals surface area contributed by atoms with Crippen LogP contribution in [-0.2, 0) is 0 Å². The quantitative estimate of drug-likeness (QED) is 0.554. The second kappa shape index (κ2) is 3.59. The second-order valence-corrected chi connectivity index (χ2v) is 6.93. The number of halogens is 1. The normalized spacial score (nSPS) is 30.8. The molecule has 1 unspecified atom stereocenters. The van der Waals surface area contributed by atoms with Crippen molar-refractivity contribution >= 4 is 22.6 Å². The van der Waals surface area contributed by atoms with Gasteiger partial charge in [-0.3, -0.25) is 0 Å². The monoisotopic (exact) mass is 324 g/mol. The van der Waals surface area contributed by atoms with E-state index in [1.807, 2.05) is 0 Å². The average Bonchev–Trinajstić information content (AvgIpc) is 2.49. The molecule has 0 N–H and O–H groups in total. The van der Waals surface area contributed by atoms with Gasteiger partial charge in [0.1, 0.15) is 0 Å². The second-order valence-electron chi connectivity index (χ2n) is 5.55. The zero-order valence-corrected chi connectivity index (χ0v) is 12.0. The van der Waals surface area contributed by atoms with Crippen molar-refractivity contribution < 1.29 is 0 Å². The van der Waals surface area contributed by atoms with E-state index in [1.165, 1.54) is 22.8 Å². The van der Waals surface area contributed by atoms with Gasteiger partial charge >= 0.3 is 0 Å². The van der Waals surface area contributed by atoms with Crippen LogP contribution in [0.2, 0.25) is 0 Å². The molecule has 0 radical (unpaired) electrons. The van der Waals surface area contributed by atoms with Gasteiger partial charge in [0.25, 0.3) is 0 Å². The predicted octanol–water partition coefficient (Wildman–Crippen LogP) is 4.94. The van der Waals surface area contributed by atoms with Crippen LogP contribution in [0.3, 0.4) is 0 Å². The van der Waals surface area contributed by atoms with E-state index in [1.54, 1.807) is 16.7 Å². The maximum atomic E-state index is 2.48. The number of rotatable bonds is 0. The van der Waals surface area contributed by atoms with E-state index in [4.69, 9.17) is 0 Å². The summed E-state index contributed by atoms with van der Waals surface area (Å²) in [6, 6.07) is 0. The number of allylic oxidation sites excluding steroid dienone is 8. The maximum absolute atomic E-state index is 2.48. The van der Waals surface area contributed by atoms with Crippen molar-refractivity contribution in [1.82, 2.24) is 0 Å². The molecule has 0 aromatic rings. The van der Waals surface area contributed by atoms with Gasteiger partial charge in [-0.1, -0.05) is 38.2 Å². The van der Waals surface area contributed by atoms with Crippen LogP contribution >= 0.6 is 22.6 Å². The average molecular weight is 324 g/mol. The number of hydrogen-bond donors (Lipinski definition) is 0. The summed E-state index contributed by atoms with van der Waals surface area (Å²) in [6.45, 7) is 4.83. The van der Waals surface area contributed by atoms with Crippen LogP contribution in [0.15, 0.2) is 44.6 Å². The standard InChI is InChI=1S/C15H17I/c1-15(2)13-6-4-3-5-11(13)12-8-7-10(16)9-14(12)15/h4,6-8,14H,3,5,9H2,1-2H3. The summed E-state index contributed by atoms with van der Waals surface area (Å²) in [4.78, 5) is 0. The Morgan fingerprint density at radius 1 is 1.31 bits per heavy atom. The van der Waals surface area contributed by atoms with E-state index >= 15 is 0 Å². The lowest BCUT2D eigenvalue weighted by atomic mass is 9.73. The summed E-state index contributed by atoms with van der Waals surface area (Å²) in [7, 11) is 0. The largest absolute Gasteiger partial charge is 0.0839 e. The van der Waals surface area contributed by atoms with Crippen LogP contribution in [0.25, 0.3) is 0 Å². The molecule has 3 aliphatic rings. The topological polar surface area (TPSA) is 0 Å². The van der Waals surface area contributed by atoms with Crippen LogP contribution in [0.4, 0.5) is 0 Å². The Hall–Kier alpha value is -0.310. The molecule has 0 saturated carbocycles. The lowest BCUT2D eigenvalue weighted by molar-refractivity contribution is 0.335. The Labute approximate surface area is 111 Å². The predicted molar refractivity (Wildman–Crippen MR) is 77.5 cm³/mol. The first-order chi connectivity index (χ1) is 7.60. The summed E-state index contributed by atoms with van der Waals surface area (Å²) in [5.74, 6) is 0.720. The van der Waals surface area contributed by atoms with Gasteiger partial charge in [0.2, 0.25) is 0 Å². The minimum Gasteiger partial charge on any atom is -0.0839 e. The summed E-state index contributed by atoms with van der Waals surface area (Å²) in [6.07, 6.45) is 13.1. The molecule has 3 rings (SSSR count). The Morgan fingerprint density at radius 2 is 2.12 bits per heavy atom. The molecular weight excluding hydrogens is 307 g/mol. The SMILES string of the molecule is CC1(C)C2=C(CCC=C2)C2=CC=C(I)CC21. The molecule has 0 nitrogen and oxygen atoms in total. The fourth-order valence-corrected chi connectivity index (χ4v) is 4.00. The number of fused-ring (bicyclic) bond motifs is 2. The summed E-state index contributed by atoms with van der Waals surface area (Å²) < 4.78 is 1.50. The van der Waals surface area contributed by atoms with Crippen molar-refractivity contribution in [1.29, 1.82) is 0 Å². The van der Waals surface area contributed by atoms with Gasteiger partial charge in [-0.2, -0.15) is 0 Å². The van der Waals surface area contributed by atoms with E-state index in [0.29, 0.717) is 5.41 Å². The molecule has 0 saturated heterocycles. The molecular formula is C15H17I. The Morgan fingerprint density at radius 3 is 2.94 bits per heavy atom. The summed E-state index contributed by atoms with van der Waals surface area (Å²) >= 11 is 2.48. The van der Waals surface area contributed by atoms with Crippen molar-refractivity contribution in [2.24, 2.45) is 11.3 Å². The third-order valence-corrected chi connectivity index (χ3v) is 5.10. The van der Waals surface area contributed by atoms with Crippen LogP contribution < -0.4 is 0 Å². The molecule has 16 heavy (non-hydrogen) atoms. The zero-order valence-electron chi connectivity index (χ0n) is 9.89. The third-order valence-electron chi connectivity index (χ3n) is 4.30. The Bertz CT molecular complexity index is 458. The number of hydrogen-bond acceptors (Lipinski definition) is 0. The highest BCUT2D eigenvalue weighted by Gasteiger charge is 2.44. The first-order valence-corrected chi connectivity index (χ1v) is 7.15. The highest BCUT2D eigenvalue weighted by molar-refractivity contribution is 14.1. The maximum Gasteiger partial charge on any atom is -0.00223 e. The van der Waals surface area contributed by atoms with Gasteiger partial charge in [-0.25, -0.2) is 0 Å². The lowest BCUT2D eigenvalue weighted by Crippen LogP contribution is -2.22. The van der Waals surface area contributed by atoms with Gasteiger partial charge in [-0.05, 0) is 73.5 Å². The third kappa shape index (κ3) is 1.40.